The molecule has 1 aromatic heterocycles. The topological polar surface area (TPSA) is 170 Å². The van der Waals surface area contributed by atoms with E-state index in [-0.39, 0.29) is 23.5 Å². The number of carbonyl (C=O) groups excluding carboxylic acids is 3. The van der Waals surface area contributed by atoms with Crippen molar-refractivity contribution in [2.24, 2.45) is 5.73 Å². The zero-order valence-electron chi connectivity index (χ0n) is 24.4. The highest BCUT2D eigenvalue weighted by molar-refractivity contribution is 5.96. The van der Waals surface area contributed by atoms with E-state index in [1.54, 1.807) is 52.0 Å². The van der Waals surface area contributed by atoms with Gasteiger partial charge in [0.05, 0.1) is 12.8 Å². The first-order valence-corrected chi connectivity index (χ1v) is 13.7. The predicted molar refractivity (Wildman–Crippen MR) is 154 cm³/mol. The molecule has 1 fully saturated rings. The van der Waals surface area contributed by atoms with Gasteiger partial charge in [-0.1, -0.05) is 6.07 Å². The summed E-state index contributed by atoms with van der Waals surface area (Å²) in [7, 11) is 1.53. The zero-order chi connectivity index (χ0) is 30.0. The second kappa shape index (κ2) is 14.5. The molecule has 5 N–H and O–H groups in total. The number of likely N-dealkylation sites (N-methyl/N-ethyl adjacent to an activating group) is 1. The number of primary amides is 1. The molecule has 0 bridgehead atoms. The monoisotopic (exact) mass is 571 g/mol. The van der Waals surface area contributed by atoms with E-state index in [2.05, 4.69) is 25.9 Å². The third-order valence-corrected chi connectivity index (χ3v) is 6.21. The Labute approximate surface area is 240 Å². The van der Waals surface area contributed by atoms with E-state index >= 15 is 0 Å². The van der Waals surface area contributed by atoms with E-state index in [1.165, 1.54) is 18.1 Å². The average molecular weight is 572 g/mol. The van der Waals surface area contributed by atoms with Crippen molar-refractivity contribution in [1.29, 1.82) is 0 Å². The zero-order valence-corrected chi connectivity index (χ0v) is 24.4. The molecule has 13 heteroatoms. The summed E-state index contributed by atoms with van der Waals surface area (Å²) in [6, 6.07) is 6.69. The standard InChI is InChI=1S/C28H41N7O6/c1-18(35(5)27(38)41-28(2,3)4)26(37)30-12-7-13-40-21-9-6-8-20(16-21)33-25-23(24(29)36)31-17-22(34-25)32-19-10-14-39-15-11-19/h6,8-9,16-19H,7,10-15H2,1-5H3,(H2,29,36)(H,30,37)(H2,32,33,34)/t18-/m0/s1. The summed E-state index contributed by atoms with van der Waals surface area (Å²) in [5.41, 5.74) is 5.54. The maximum absolute atomic E-state index is 12.5. The number of aromatic nitrogens is 2. The van der Waals surface area contributed by atoms with Crippen molar-refractivity contribution in [1.82, 2.24) is 20.2 Å². The van der Waals surface area contributed by atoms with Gasteiger partial charge in [-0.15, -0.1) is 0 Å². The van der Waals surface area contributed by atoms with Crippen molar-refractivity contribution < 1.29 is 28.6 Å². The van der Waals surface area contributed by atoms with Gasteiger partial charge in [0, 0.05) is 44.6 Å². The first kappa shape index (κ1) is 31.4. The van der Waals surface area contributed by atoms with Crippen LogP contribution < -0.4 is 26.4 Å². The highest BCUT2D eigenvalue weighted by Gasteiger charge is 2.26. The number of nitrogens with one attached hydrogen (secondary N) is 3. The highest BCUT2D eigenvalue weighted by atomic mass is 16.6. The van der Waals surface area contributed by atoms with Gasteiger partial charge in [-0.05, 0) is 59.1 Å². The van der Waals surface area contributed by atoms with Crippen LogP contribution in [0.5, 0.6) is 5.75 Å². The number of hydrogen-bond donors (Lipinski definition) is 4. The fraction of sp³-hybridized carbons (Fsp3) is 0.536. The van der Waals surface area contributed by atoms with Gasteiger partial charge in [-0.3, -0.25) is 14.5 Å². The molecule has 2 heterocycles. The fourth-order valence-corrected chi connectivity index (χ4v) is 3.87. The van der Waals surface area contributed by atoms with Crippen molar-refractivity contribution in [2.75, 3.05) is 44.0 Å². The summed E-state index contributed by atoms with van der Waals surface area (Å²) in [6.45, 7) is 9.02. The molecular formula is C28H41N7O6. The minimum Gasteiger partial charge on any atom is -0.493 e. The molecule has 3 rings (SSSR count). The molecule has 2 aromatic rings. The number of hydrogen-bond acceptors (Lipinski definition) is 10. The van der Waals surface area contributed by atoms with Crippen LogP contribution in [0.15, 0.2) is 30.5 Å². The molecular weight excluding hydrogens is 530 g/mol. The third kappa shape index (κ3) is 10.1. The molecule has 1 aliphatic heterocycles. The van der Waals surface area contributed by atoms with Crippen LogP contribution in [-0.4, -0.2) is 83.9 Å². The van der Waals surface area contributed by atoms with Gasteiger partial charge in [0.15, 0.2) is 11.5 Å². The lowest BCUT2D eigenvalue weighted by Gasteiger charge is -2.28. The molecule has 3 amide bonds. The molecule has 0 saturated carbocycles. The molecule has 0 unspecified atom stereocenters. The lowest BCUT2D eigenvalue weighted by atomic mass is 10.1. The van der Waals surface area contributed by atoms with E-state index in [0.717, 1.165) is 12.8 Å². The molecule has 224 valence electrons. The van der Waals surface area contributed by atoms with Gasteiger partial charge in [0.25, 0.3) is 5.91 Å². The number of nitrogens with two attached hydrogens (primary N) is 1. The van der Waals surface area contributed by atoms with Crippen molar-refractivity contribution in [3.8, 4) is 5.75 Å². The van der Waals surface area contributed by atoms with Gasteiger partial charge in [0.2, 0.25) is 5.91 Å². The molecule has 0 spiro atoms. The molecule has 1 aromatic carbocycles. The van der Waals surface area contributed by atoms with Gasteiger partial charge in [0.1, 0.15) is 23.2 Å². The maximum atomic E-state index is 12.5. The first-order chi connectivity index (χ1) is 19.4. The number of rotatable bonds is 12. The quantitative estimate of drug-likeness (QED) is 0.278. The Hall–Kier alpha value is -4.13. The molecule has 0 radical (unpaired) electrons. The fourth-order valence-electron chi connectivity index (χ4n) is 3.87. The predicted octanol–water partition coefficient (Wildman–Crippen LogP) is 3.05. The Balaban J connectivity index is 1.50. The summed E-state index contributed by atoms with van der Waals surface area (Å²) < 4.78 is 16.5. The molecule has 1 atom stereocenters. The van der Waals surface area contributed by atoms with Crippen LogP contribution >= 0.6 is 0 Å². The summed E-state index contributed by atoms with van der Waals surface area (Å²) in [6.07, 6.45) is 3.19. The number of amides is 3. The van der Waals surface area contributed by atoms with Gasteiger partial charge in [-0.25, -0.2) is 14.8 Å². The lowest BCUT2D eigenvalue weighted by Crippen LogP contribution is -2.47. The lowest BCUT2D eigenvalue weighted by molar-refractivity contribution is -0.125. The second-order valence-electron chi connectivity index (χ2n) is 10.8. The SMILES string of the molecule is C[C@@H](C(=O)NCCCOc1cccc(Nc2nc(NC3CCOCC3)cnc2C(N)=O)c1)N(C)C(=O)OC(C)(C)C. The van der Waals surface area contributed by atoms with Crippen molar-refractivity contribution >= 4 is 35.2 Å². The van der Waals surface area contributed by atoms with Crippen molar-refractivity contribution in [3.05, 3.63) is 36.2 Å². The van der Waals surface area contributed by atoms with Crippen LogP contribution in [0.2, 0.25) is 0 Å². The Morgan fingerprint density at radius 1 is 1.22 bits per heavy atom. The molecule has 0 aliphatic carbocycles. The number of anilines is 3. The average Bonchev–Trinajstić information content (AvgIpc) is 2.91. The number of ether oxygens (including phenoxy) is 3. The van der Waals surface area contributed by atoms with Crippen LogP contribution in [0.1, 0.15) is 57.4 Å². The van der Waals surface area contributed by atoms with Crippen LogP contribution in [0.4, 0.5) is 22.1 Å². The summed E-state index contributed by atoms with van der Waals surface area (Å²) in [4.78, 5) is 46.6. The third-order valence-electron chi connectivity index (χ3n) is 6.21. The Morgan fingerprint density at radius 2 is 1.95 bits per heavy atom. The second-order valence-corrected chi connectivity index (χ2v) is 10.8. The summed E-state index contributed by atoms with van der Waals surface area (Å²) in [5, 5.41) is 9.26. The normalized spacial score (nSPS) is 14.5. The van der Waals surface area contributed by atoms with Crippen molar-refractivity contribution in [3.63, 3.8) is 0 Å². The minimum absolute atomic E-state index is 0.0242. The van der Waals surface area contributed by atoms with E-state index < -0.39 is 23.6 Å². The Morgan fingerprint density at radius 3 is 2.63 bits per heavy atom. The highest BCUT2D eigenvalue weighted by Crippen LogP contribution is 2.24. The van der Waals surface area contributed by atoms with Crippen LogP contribution in [0.25, 0.3) is 0 Å². The number of nitrogens with zero attached hydrogens (tertiary/aromatic N) is 3. The van der Waals surface area contributed by atoms with Gasteiger partial charge >= 0.3 is 6.09 Å². The van der Waals surface area contributed by atoms with E-state index in [1.807, 2.05) is 0 Å². The smallest absolute Gasteiger partial charge is 0.410 e. The Bertz CT molecular complexity index is 1200. The molecule has 41 heavy (non-hydrogen) atoms. The molecule has 13 nitrogen and oxygen atoms in total. The van der Waals surface area contributed by atoms with Gasteiger partial charge < -0.3 is 35.9 Å². The van der Waals surface area contributed by atoms with E-state index in [4.69, 9.17) is 19.9 Å². The number of carbonyl (C=O) groups is 3. The van der Waals surface area contributed by atoms with E-state index in [9.17, 15) is 14.4 Å². The summed E-state index contributed by atoms with van der Waals surface area (Å²) in [5.74, 6) is 0.373. The molecule has 1 saturated heterocycles. The van der Waals surface area contributed by atoms with E-state index in [0.29, 0.717) is 50.0 Å². The van der Waals surface area contributed by atoms with Crippen LogP contribution in [0, 0.1) is 0 Å². The van der Waals surface area contributed by atoms with Crippen molar-refractivity contribution in [2.45, 2.75) is 64.6 Å². The maximum Gasteiger partial charge on any atom is 0.410 e. The first-order valence-electron chi connectivity index (χ1n) is 13.7. The number of benzene rings is 1. The van der Waals surface area contributed by atoms with Crippen LogP contribution in [-0.2, 0) is 14.3 Å². The van der Waals surface area contributed by atoms with Crippen LogP contribution in [0.3, 0.4) is 0 Å². The van der Waals surface area contributed by atoms with Gasteiger partial charge in [-0.2, -0.15) is 0 Å². The Kier molecular flexibility index (Phi) is 11.1. The largest absolute Gasteiger partial charge is 0.493 e. The summed E-state index contributed by atoms with van der Waals surface area (Å²) >= 11 is 0. The minimum atomic E-state index is -0.696. The molecule has 1 aliphatic rings.